The van der Waals surface area contributed by atoms with Crippen molar-refractivity contribution < 1.29 is 9.53 Å². The number of rotatable bonds is 2. The Morgan fingerprint density at radius 1 is 0.968 bits per heavy atom. The lowest BCUT2D eigenvalue weighted by atomic mass is 10.1. The van der Waals surface area contributed by atoms with Crippen LogP contribution in [-0.4, -0.2) is 83.0 Å². The first-order chi connectivity index (χ1) is 15.2. The number of morpholine rings is 1. The van der Waals surface area contributed by atoms with Crippen LogP contribution in [0.5, 0.6) is 0 Å². The van der Waals surface area contributed by atoms with E-state index in [2.05, 4.69) is 27.0 Å². The maximum atomic E-state index is 12.9. The van der Waals surface area contributed by atoms with Gasteiger partial charge in [0, 0.05) is 67.5 Å². The summed E-state index contributed by atoms with van der Waals surface area (Å²) in [6.07, 6.45) is 3.66. The van der Waals surface area contributed by atoms with Crippen LogP contribution in [0.3, 0.4) is 0 Å². The Hall–Kier alpha value is -3.26. The predicted octanol–water partition coefficient (Wildman–Crippen LogP) is 2.65. The molecule has 2 aromatic heterocycles. The molecule has 2 saturated heterocycles. The summed E-state index contributed by atoms with van der Waals surface area (Å²) in [5.41, 5.74) is 1.89. The van der Waals surface area contributed by atoms with Gasteiger partial charge in [-0.3, -0.25) is 4.98 Å². The van der Waals surface area contributed by atoms with Crippen LogP contribution in [0.25, 0.3) is 22.0 Å². The summed E-state index contributed by atoms with van der Waals surface area (Å²) in [7, 11) is 0. The number of carbonyl (C=O) groups is 1. The second-order valence-corrected chi connectivity index (χ2v) is 8.03. The van der Waals surface area contributed by atoms with Crippen LogP contribution in [-0.2, 0) is 4.74 Å². The minimum Gasteiger partial charge on any atom is -0.378 e. The molecule has 0 radical (unpaired) electrons. The number of hydrogen-bond donors (Lipinski definition) is 0. The van der Waals surface area contributed by atoms with Crippen molar-refractivity contribution in [2.75, 3.05) is 50.8 Å². The zero-order valence-electron chi connectivity index (χ0n) is 17.6. The molecule has 3 aromatic rings. The summed E-state index contributed by atoms with van der Waals surface area (Å²) in [4.78, 5) is 23.3. The fourth-order valence-corrected chi connectivity index (χ4v) is 4.41. The molecule has 2 aliphatic heterocycles. The molecule has 0 spiro atoms. The lowest BCUT2D eigenvalue weighted by Gasteiger charge is -2.42. The highest BCUT2D eigenvalue weighted by molar-refractivity contribution is 5.99. The molecule has 8 nitrogen and oxygen atoms in total. The SMILES string of the molecule is C[C@@H]1CN(C(=O)N2CCOCC2)CCN1c1nnc(-c2ccccc2)c2ccncc12. The smallest absolute Gasteiger partial charge is 0.320 e. The van der Waals surface area contributed by atoms with E-state index in [1.807, 2.05) is 52.4 Å². The fourth-order valence-electron chi connectivity index (χ4n) is 4.41. The summed E-state index contributed by atoms with van der Waals surface area (Å²) in [6, 6.07) is 12.3. The number of anilines is 1. The highest BCUT2D eigenvalue weighted by atomic mass is 16.5. The Labute approximate surface area is 181 Å². The lowest BCUT2D eigenvalue weighted by molar-refractivity contribution is 0.0418. The summed E-state index contributed by atoms with van der Waals surface area (Å²) >= 11 is 0. The van der Waals surface area contributed by atoms with Gasteiger partial charge in [0.05, 0.1) is 13.2 Å². The molecule has 0 bridgehead atoms. The normalized spacial score (nSPS) is 19.6. The van der Waals surface area contributed by atoms with E-state index in [0.717, 1.165) is 27.8 Å². The van der Waals surface area contributed by atoms with Gasteiger partial charge in [0.15, 0.2) is 5.82 Å². The molecule has 160 valence electrons. The third-order valence-corrected chi connectivity index (χ3v) is 6.06. The molecule has 0 saturated carbocycles. The number of piperazine rings is 1. The second kappa shape index (κ2) is 8.47. The molecule has 0 unspecified atom stereocenters. The van der Waals surface area contributed by atoms with Crippen molar-refractivity contribution >= 4 is 22.6 Å². The van der Waals surface area contributed by atoms with E-state index in [0.29, 0.717) is 45.9 Å². The topological polar surface area (TPSA) is 74.7 Å². The van der Waals surface area contributed by atoms with Gasteiger partial charge in [0.2, 0.25) is 0 Å². The highest BCUT2D eigenvalue weighted by Crippen LogP contribution is 2.32. The molecule has 8 heteroatoms. The van der Waals surface area contributed by atoms with Gasteiger partial charge in [0.1, 0.15) is 5.69 Å². The molecule has 2 fully saturated rings. The van der Waals surface area contributed by atoms with Gasteiger partial charge in [0.25, 0.3) is 0 Å². The van der Waals surface area contributed by atoms with Crippen molar-refractivity contribution in [3.05, 3.63) is 48.8 Å². The predicted molar refractivity (Wildman–Crippen MR) is 119 cm³/mol. The third kappa shape index (κ3) is 3.79. The fraction of sp³-hybridized carbons (Fsp3) is 0.391. The van der Waals surface area contributed by atoms with Crippen LogP contribution in [0.4, 0.5) is 10.6 Å². The van der Waals surface area contributed by atoms with Gasteiger partial charge in [-0.1, -0.05) is 30.3 Å². The zero-order valence-corrected chi connectivity index (χ0v) is 17.6. The maximum absolute atomic E-state index is 12.9. The number of nitrogens with zero attached hydrogens (tertiary/aromatic N) is 6. The number of hydrogen-bond acceptors (Lipinski definition) is 6. The van der Waals surface area contributed by atoms with Gasteiger partial charge in [-0.25, -0.2) is 4.79 Å². The molecule has 31 heavy (non-hydrogen) atoms. The Balaban J connectivity index is 1.41. The summed E-state index contributed by atoms with van der Waals surface area (Å²) in [5, 5.41) is 11.2. The first-order valence-corrected chi connectivity index (χ1v) is 10.8. The Morgan fingerprint density at radius 3 is 2.55 bits per heavy atom. The lowest BCUT2D eigenvalue weighted by Crippen LogP contribution is -2.58. The van der Waals surface area contributed by atoms with E-state index in [1.54, 1.807) is 6.20 Å². The van der Waals surface area contributed by atoms with E-state index >= 15 is 0 Å². The van der Waals surface area contributed by atoms with Crippen LogP contribution >= 0.6 is 0 Å². The first kappa shape index (κ1) is 19.7. The van der Waals surface area contributed by atoms with Crippen LogP contribution in [0.1, 0.15) is 6.92 Å². The number of carbonyl (C=O) groups excluding carboxylic acids is 1. The Morgan fingerprint density at radius 2 is 1.77 bits per heavy atom. The van der Waals surface area contributed by atoms with E-state index in [9.17, 15) is 4.79 Å². The van der Waals surface area contributed by atoms with Crippen molar-refractivity contribution in [3.8, 4) is 11.3 Å². The summed E-state index contributed by atoms with van der Waals surface area (Å²) < 4.78 is 5.37. The number of benzene rings is 1. The molecule has 2 amide bonds. The molecule has 4 heterocycles. The van der Waals surface area contributed by atoms with Crippen molar-refractivity contribution in [2.24, 2.45) is 0 Å². The van der Waals surface area contributed by atoms with Crippen molar-refractivity contribution in [2.45, 2.75) is 13.0 Å². The van der Waals surface area contributed by atoms with Crippen molar-refractivity contribution in [1.82, 2.24) is 25.0 Å². The number of ether oxygens (including phenoxy) is 1. The number of fused-ring (bicyclic) bond motifs is 1. The minimum atomic E-state index is 0.104. The zero-order chi connectivity index (χ0) is 21.2. The van der Waals surface area contributed by atoms with Gasteiger partial charge in [-0.15, -0.1) is 10.2 Å². The molecule has 2 aliphatic rings. The largest absolute Gasteiger partial charge is 0.378 e. The quantitative estimate of drug-likeness (QED) is 0.637. The van der Waals surface area contributed by atoms with Gasteiger partial charge in [-0.05, 0) is 13.0 Å². The molecule has 0 N–H and O–H groups in total. The standard InChI is InChI=1S/C23H26N6O2/c1-17-16-28(23(30)27-11-13-31-14-12-27)9-10-29(17)22-20-15-24-8-7-19(20)21(25-26-22)18-5-3-2-4-6-18/h2-8,15,17H,9-14,16H2,1H3/t17-/m1/s1. The molecule has 1 aromatic carbocycles. The van der Waals surface area contributed by atoms with E-state index in [-0.39, 0.29) is 12.1 Å². The van der Waals surface area contributed by atoms with Gasteiger partial charge in [-0.2, -0.15) is 0 Å². The van der Waals surface area contributed by atoms with E-state index < -0.39 is 0 Å². The minimum absolute atomic E-state index is 0.104. The van der Waals surface area contributed by atoms with Crippen LogP contribution in [0.15, 0.2) is 48.8 Å². The van der Waals surface area contributed by atoms with Crippen molar-refractivity contribution in [3.63, 3.8) is 0 Å². The molecular weight excluding hydrogens is 392 g/mol. The Kier molecular flexibility index (Phi) is 5.38. The average Bonchev–Trinajstić information content (AvgIpc) is 2.84. The average molecular weight is 419 g/mol. The monoisotopic (exact) mass is 418 g/mol. The van der Waals surface area contributed by atoms with E-state index in [1.165, 1.54) is 0 Å². The van der Waals surface area contributed by atoms with Gasteiger partial charge < -0.3 is 19.4 Å². The molecular formula is C23H26N6O2. The first-order valence-electron chi connectivity index (χ1n) is 10.8. The number of pyridine rings is 1. The molecule has 5 rings (SSSR count). The molecule has 1 atom stereocenters. The molecule has 0 aliphatic carbocycles. The van der Waals surface area contributed by atoms with Crippen LogP contribution in [0, 0.1) is 0 Å². The van der Waals surface area contributed by atoms with Gasteiger partial charge >= 0.3 is 6.03 Å². The van der Waals surface area contributed by atoms with Crippen LogP contribution < -0.4 is 4.90 Å². The number of amides is 2. The number of aromatic nitrogens is 3. The second-order valence-electron chi connectivity index (χ2n) is 8.03. The third-order valence-electron chi connectivity index (χ3n) is 6.06. The summed E-state index contributed by atoms with van der Waals surface area (Å²) in [6.45, 7) is 6.71. The van der Waals surface area contributed by atoms with Crippen LogP contribution in [0.2, 0.25) is 0 Å². The highest BCUT2D eigenvalue weighted by Gasteiger charge is 2.31. The van der Waals surface area contributed by atoms with E-state index in [4.69, 9.17) is 4.74 Å². The van der Waals surface area contributed by atoms with Crippen molar-refractivity contribution in [1.29, 1.82) is 0 Å². The number of urea groups is 1. The Bertz CT molecular complexity index is 1070. The summed E-state index contributed by atoms with van der Waals surface area (Å²) in [5.74, 6) is 0.828. The maximum Gasteiger partial charge on any atom is 0.320 e.